The van der Waals surface area contributed by atoms with E-state index in [4.69, 9.17) is 0 Å². The molecular formula is C10H11NO3S. The Balaban J connectivity index is 3.28. The van der Waals surface area contributed by atoms with E-state index in [1.165, 1.54) is 6.92 Å². The lowest BCUT2D eigenvalue weighted by Crippen LogP contribution is -2.33. The molecular weight excluding hydrogens is 214 g/mol. The summed E-state index contributed by atoms with van der Waals surface area (Å²) in [5.41, 5.74) is 0.310. The van der Waals surface area contributed by atoms with Crippen molar-refractivity contribution in [1.29, 1.82) is 0 Å². The molecule has 1 rings (SSSR count). The summed E-state index contributed by atoms with van der Waals surface area (Å²) in [6.45, 7) is 4.37. The lowest BCUT2D eigenvalue weighted by Gasteiger charge is -2.18. The van der Waals surface area contributed by atoms with Crippen LogP contribution in [-0.4, -0.2) is 14.3 Å². The first kappa shape index (κ1) is 11.5. The number of hydrogen-bond acceptors (Lipinski definition) is 3. The van der Waals surface area contributed by atoms with Crippen LogP contribution in [0.2, 0.25) is 0 Å². The molecule has 0 aliphatic rings. The number of rotatable bonds is 3. The molecule has 0 aliphatic heterocycles. The maximum atomic E-state index is 11.5. The topological polar surface area (TPSA) is 54.5 Å². The van der Waals surface area contributed by atoms with Crippen LogP contribution in [0.25, 0.3) is 0 Å². The zero-order valence-electron chi connectivity index (χ0n) is 8.25. The Bertz CT molecular complexity index is 465. The van der Waals surface area contributed by atoms with E-state index in [1.807, 2.05) is 0 Å². The van der Waals surface area contributed by atoms with Crippen molar-refractivity contribution in [3.63, 3.8) is 0 Å². The molecule has 0 saturated carbocycles. The van der Waals surface area contributed by atoms with Gasteiger partial charge in [0.1, 0.15) is 0 Å². The van der Waals surface area contributed by atoms with Gasteiger partial charge in [-0.05, 0) is 12.1 Å². The van der Waals surface area contributed by atoms with Crippen molar-refractivity contribution in [1.82, 2.24) is 0 Å². The second-order valence-corrected chi connectivity index (χ2v) is 4.56. The van der Waals surface area contributed by atoms with Crippen LogP contribution in [0, 0.1) is 0 Å². The fraction of sp³-hybridized carbons (Fsp3) is 0.100. The van der Waals surface area contributed by atoms with Gasteiger partial charge < -0.3 is 0 Å². The first-order valence-corrected chi connectivity index (χ1v) is 5.73. The predicted octanol–water partition coefficient (Wildman–Crippen LogP) is 1.51. The van der Waals surface area contributed by atoms with Gasteiger partial charge in [0.25, 0.3) is 10.0 Å². The molecule has 0 spiro atoms. The zero-order valence-corrected chi connectivity index (χ0v) is 9.07. The van der Waals surface area contributed by atoms with E-state index < -0.39 is 15.9 Å². The molecule has 1 amide bonds. The first-order valence-electron chi connectivity index (χ1n) is 4.22. The van der Waals surface area contributed by atoms with E-state index in [0.717, 1.165) is 5.41 Å². The number of nitrogens with zero attached hydrogens (tertiary/aromatic N) is 1. The molecule has 0 unspecified atom stereocenters. The van der Waals surface area contributed by atoms with E-state index in [1.54, 1.807) is 30.3 Å². The fourth-order valence-electron chi connectivity index (χ4n) is 1.15. The summed E-state index contributed by atoms with van der Waals surface area (Å²) in [6.07, 6.45) is 0. The Labute approximate surface area is 88.9 Å². The molecule has 0 radical (unpaired) electrons. The third-order valence-electron chi connectivity index (χ3n) is 1.74. The maximum Gasteiger partial charge on any atom is 0.263 e. The van der Waals surface area contributed by atoms with Crippen LogP contribution in [0.5, 0.6) is 0 Å². The van der Waals surface area contributed by atoms with Crippen molar-refractivity contribution in [2.45, 2.75) is 6.92 Å². The third kappa shape index (κ3) is 2.44. The number of anilines is 1. The van der Waals surface area contributed by atoms with Gasteiger partial charge in [0.2, 0.25) is 5.91 Å². The summed E-state index contributed by atoms with van der Waals surface area (Å²) in [5.74, 6) is -0.568. The van der Waals surface area contributed by atoms with Crippen molar-refractivity contribution in [2.75, 3.05) is 4.31 Å². The van der Waals surface area contributed by atoms with Crippen LogP contribution >= 0.6 is 0 Å². The summed E-state index contributed by atoms with van der Waals surface area (Å²) in [4.78, 5) is 11.2. The van der Waals surface area contributed by atoms with Gasteiger partial charge in [-0.3, -0.25) is 4.79 Å². The average molecular weight is 225 g/mol. The van der Waals surface area contributed by atoms with E-state index >= 15 is 0 Å². The van der Waals surface area contributed by atoms with E-state index in [9.17, 15) is 13.2 Å². The minimum Gasteiger partial charge on any atom is -0.274 e. The summed E-state index contributed by atoms with van der Waals surface area (Å²) < 4.78 is 23.8. The minimum atomic E-state index is -3.76. The molecule has 80 valence electrons. The second kappa shape index (κ2) is 4.27. The summed E-state index contributed by atoms with van der Waals surface area (Å²) in [5, 5.41) is 0.751. The fourth-order valence-corrected chi connectivity index (χ4v) is 2.07. The number of carbonyl (C=O) groups excluding carboxylic acids is 1. The molecule has 0 aliphatic carbocycles. The van der Waals surface area contributed by atoms with E-state index in [2.05, 4.69) is 6.58 Å². The SMILES string of the molecule is C=CS(=O)(=O)N(C(C)=O)c1ccccc1. The predicted molar refractivity (Wildman–Crippen MR) is 58.7 cm³/mol. The maximum absolute atomic E-state index is 11.5. The van der Waals surface area contributed by atoms with Crippen molar-refractivity contribution in [2.24, 2.45) is 0 Å². The Kier molecular flexibility index (Phi) is 3.26. The second-order valence-electron chi connectivity index (χ2n) is 2.83. The number of amides is 1. The quantitative estimate of drug-likeness (QED) is 0.783. The minimum absolute atomic E-state index is 0.310. The van der Waals surface area contributed by atoms with Crippen molar-refractivity contribution in [3.8, 4) is 0 Å². The van der Waals surface area contributed by atoms with Gasteiger partial charge in [-0.15, -0.1) is 0 Å². The van der Waals surface area contributed by atoms with Crippen molar-refractivity contribution >= 4 is 21.6 Å². The molecule has 0 fully saturated rings. The summed E-state index contributed by atoms with van der Waals surface area (Å²) in [7, 11) is -3.76. The summed E-state index contributed by atoms with van der Waals surface area (Å²) in [6, 6.07) is 8.14. The molecule has 1 aromatic carbocycles. The normalized spacial score (nSPS) is 10.7. The average Bonchev–Trinajstić information content (AvgIpc) is 2.18. The Morgan fingerprint density at radius 2 is 1.87 bits per heavy atom. The number of hydrogen-bond donors (Lipinski definition) is 0. The highest BCUT2D eigenvalue weighted by Crippen LogP contribution is 2.18. The van der Waals surface area contributed by atoms with Gasteiger partial charge >= 0.3 is 0 Å². The zero-order chi connectivity index (χ0) is 11.5. The smallest absolute Gasteiger partial charge is 0.263 e. The molecule has 0 heterocycles. The van der Waals surface area contributed by atoms with Gasteiger partial charge in [0, 0.05) is 12.3 Å². The van der Waals surface area contributed by atoms with Gasteiger partial charge in [0.15, 0.2) is 0 Å². The van der Waals surface area contributed by atoms with Gasteiger partial charge in [-0.2, -0.15) is 0 Å². The number of sulfonamides is 1. The monoisotopic (exact) mass is 225 g/mol. The first-order chi connectivity index (χ1) is 6.99. The summed E-state index contributed by atoms with van der Waals surface area (Å²) >= 11 is 0. The van der Waals surface area contributed by atoms with Crippen LogP contribution in [0.4, 0.5) is 5.69 Å². The van der Waals surface area contributed by atoms with Crippen LogP contribution < -0.4 is 4.31 Å². The van der Waals surface area contributed by atoms with Gasteiger partial charge in [-0.1, -0.05) is 24.8 Å². The standard InChI is InChI=1S/C10H11NO3S/c1-3-15(13,14)11(9(2)12)10-7-5-4-6-8-10/h3-8H,1H2,2H3. The van der Waals surface area contributed by atoms with E-state index in [0.29, 0.717) is 9.99 Å². The molecule has 0 saturated heterocycles. The molecule has 4 nitrogen and oxygen atoms in total. The molecule has 15 heavy (non-hydrogen) atoms. The molecule has 0 aromatic heterocycles. The highest BCUT2D eigenvalue weighted by atomic mass is 32.2. The lowest BCUT2D eigenvalue weighted by molar-refractivity contribution is -0.115. The van der Waals surface area contributed by atoms with Crippen molar-refractivity contribution in [3.05, 3.63) is 42.3 Å². The van der Waals surface area contributed by atoms with Gasteiger partial charge in [-0.25, -0.2) is 12.7 Å². The van der Waals surface area contributed by atoms with Crippen molar-refractivity contribution < 1.29 is 13.2 Å². The van der Waals surface area contributed by atoms with Crippen LogP contribution in [0.3, 0.4) is 0 Å². The Morgan fingerprint density at radius 3 is 2.27 bits per heavy atom. The molecule has 0 atom stereocenters. The lowest BCUT2D eigenvalue weighted by atomic mass is 10.3. The van der Waals surface area contributed by atoms with Crippen LogP contribution in [0.1, 0.15) is 6.92 Å². The van der Waals surface area contributed by atoms with E-state index in [-0.39, 0.29) is 0 Å². The number of para-hydroxylation sites is 1. The Morgan fingerprint density at radius 1 is 1.33 bits per heavy atom. The van der Waals surface area contributed by atoms with Gasteiger partial charge in [0.05, 0.1) is 5.69 Å². The Hall–Kier alpha value is -1.62. The van der Waals surface area contributed by atoms with Crippen LogP contribution in [-0.2, 0) is 14.8 Å². The molecule has 1 aromatic rings. The number of benzene rings is 1. The van der Waals surface area contributed by atoms with Crippen LogP contribution in [0.15, 0.2) is 42.3 Å². The molecule has 5 heteroatoms. The third-order valence-corrected chi connectivity index (χ3v) is 3.14. The molecule has 0 N–H and O–H groups in total. The highest BCUT2D eigenvalue weighted by Gasteiger charge is 2.22. The number of carbonyl (C=O) groups is 1. The molecule has 0 bridgehead atoms. The largest absolute Gasteiger partial charge is 0.274 e. The highest BCUT2D eigenvalue weighted by molar-refractivity contribution is 7.96.